The molecule has 2 aliphatic heterocycles. The van der Waals surface area contributed by atoms with Crippen LogP contribution in [0.3, 0.4) is 0 Å². The molecule has 0 amide bonds. The van der Waals surface area contributed by atoms with E-state index in [-0.39, 0.29) is 0 Å². The van der Waals surface area contributed by atoms with Crippen molar-refractivity contribution in [2.75, 3.05) is 0 Å². The maximum absolute atomic E-state index is 2.77. The average molecular weight is 295 g/mol. The highest BCUT2D eigenvalue weighted by Gasteiger charge is 2.37. The fourth-order valence-corrected chi connectivity index (χ4v) is 4.94. The molecule has 1 saturated carbocycles. The molecule has 1 aromatic rings. The number of hydrogen-bond donors (Lipinski definition) is 0. The standard InChI is InChI=1S/C21H29N/c1-2-7-11-18(10-6-1)19-14-20-12-13-21(15-19)22(20)16-17-8-4-3-5-9-17/h3-5,8-9,14,18,20-21H,1-2,6-7,10-13,15-16H2. The van der Waals surface area contributed by atoms with Crippen molar-refractivity contribution in [2.24, 2.45) is 5.92 Å². The van der Waals surface area contributed by atoms with Crippen LogP contribution in [0, 0.1) is 5.92 Å². The topological polar surface area (TPSA) is 3.24 Å². The monoisotopic (exact) mass is 295 g/mol. The van der Waals surface area contributed by atoms with E-state index in [0.717, 1.165) is 24.5 Å². The van der Waals surface area contributed by atoms with Gasteiger partial charge in [-0.2, -0.15) is 0 Å². The van der Waals surface area contributed by atoms with Gasteiger partial charge in [-0.1, -0.05) is 67.7 Å². The Balaban J connectivity index is 1.47. The van der Waals surface area contributed by atoms with Gasteiger partial charge in [0.15, 0.2) is 0 Å². The van der Waals surface area contributed by atoms with E-state index in [9.17, 15) is 0 Å². The highest BCUT2D eigenvalue weighted by atomic mass is 15.2. The summed E-state index contributed by atoms with van der Waals surface area (Å²) in [6.07, 6.45) is 15.6. The van der Waals surface area contributed by atoms with Crippen LogP contribution in [-0.2, 0) is 6.54 Å². The van der Waals surface area contributed by atoms with Crippen molar-refractivity contribution >= 4 is 0 Å². The van der Waals surface area contributed by atoms with Gasteiger partial charge in [-0.25, -0.2) is 0 Å². The van der Waals surface area contributed by atoms with E-state index in [4.69, 9.17) is 0 Å². The second-order valence-electron chi connectivity index (χ2n) is 7.59. The zero-order valence-electron chi connectivity index (χ0n) is 13.7. The van der Waals surface area contributed by atoms with Gasteiger partial charge >= 0.3 is 0 Å². The van der Waals surface area contributed by atoms with Crippen molar-refractivity contribution < 1.29 is 0 Å². The summed E-state index contributed by atoms with van der Waals surface area (Å²) in [4.78, 5) is 2.77. The molecular weight excluding hydrogens is 266 g/mol. The van der Waals surface area contributed by atoms with Crippen LogP contribution in [-0.4, -0.2) is 17.0 Å². The summed E-state index contributed by atoms with van der Waals surface area (Å²) in [5.41, 5.74) is 3.31. The summed E-state index contributed by atoms with van der Waals surface area (Å²) in [6.45, 7) is 1.14. The number of rotatable bonds is 3. The Labute approximate surface area is 135 Å². The molecule has 1 nitrogen and oxygen atoms in total. The van der Waals surface area contributed by atoms with Crippen LogP contribution in [0.1, 0.15) is 63.4 Å². The van der Waals surface area contributed by atoms with Crippen LogP contribution in [0.4, 0.5) is 0 Å². The normalized spacial score (nSPS) is 30.1. The first kappa shape index (κ1) is 14.5. The summed E-state index contributed by atoms with van der Waals surface area (Å²) >= 11 is 0. The van der Waals surface area contributed by atoms with Crippen molar-refractivity contribution in [3.05, 3.63) is 47.5 Å². The number of fused-ring (bicyclic) bond motifs is 2. The van der Waals surface area contributed by atoms with E-state index in [2.05, 4.69) is 41.3 Å². The lowest BCUT2D eigenvalue weighted by atomic mass is 9.85. The van der Waals surface area contributed by atoms with E-state index in [1.807, 2.05) is 5.57 Å². The highest BCUT2D eigenvalue weighted by molar-refractivity contribution is 5.22. The van der Waals surface area contributed by atoms with Gasteiger partial charge in [0.1, 0.15) is 0 Å². The van der Waals surface area contributed by atoms with Crippen LogP contribution in [0.15, 0.2) is 42.0 Å². The highest BCUT2D eigenvalue weighted by Crippen LogP contribution is 2.41. The molecule has 118 valence electrons. The third-order valence-corrected chi connectivity index (χ3v) is 6.16. The molecule has 2 fully saturated rings. The maximum Gasteiger partial charge on any atom is 0.0288 e. The first-order valence-corrected chi connectivity index (χ1v) is 9.40. The van der Waals surface area contributed by atoms with Crippen LogP contribution in [0.2, 0.25) is 0 Å². The Hall–Kier alpha value is -1.08. The minimum Gasteiger partial charge on any atom is -0.289 e. The summed E-state index contributed by atoms with van der Waals surface area (Å²) in [6, 6.07) is 12.6. The number of hydrogen-bond acceptors (Lipinski definition) is 1. The smallest absolute Gasteiger partial charge is 0.0288 e. The van der Waals surface area contributed by atoms with Gasteiger partial charge in [-0.15, -0.1) is 0 Å². The number of nitrogens with zero attached hydrogens (tertiary/aromatic N) is 1. The number of benzene rings is 1. The lowest BCUT2D eigenvalue weighted by Gasteiger charge is -2.36. The summed E-state index contributed by atoms with van der Waals surface area (Å²) in [5.74, 6) is 0.921. The molecule has 0 N–H and O–H groups in total. The van der Waals surface area contributed by atoms with E-state index in [1.165, 1.54) is 63.4 Å². The predicted molar refractivity (Wildman–Crippen MR) is 92.7 cm³/mol. The molecule has 1 aromatic carbocycles. The molecule has 1 saturated heterocycles. The van der Waals surface area contributed by atoms with Crippen molar-refractivity contribution in [3.63, 3.8) is 0 Å². The second-order valence-corrected chi connectivity index (χ2v) is 7.59. The third-order valence-electron chi connectivity index (χ3n) is 6.16. The third kappa shape index (κ3) is 3.01. The Morgan fingerprint density at radius 2 is 1.64 bits per heavy atom. The van der Waals surface area contributed by atoms with E-state index in [0.29, 0.717) is 0 Å². The van der Waals surface area contributed by atoms with Gasteiger partial charge in [0.2, 0.25) is 0 Å². The second kappa shape index (κ2) is 6.58. The molecule has 0 radical (unpaired) electrons. The average Bonchev–Trinajstić information content (AvgIpc) is 2.80. The molecule has 4 rings (SSSR count). The summed E-state index contributed by atoms with van der Waals surface area (Å²) < 4.78 is 0. The van der Waals surface area contributed by atoms with E-state index >= 15 is 0 Å². The molecule has 2 unspecified atom stereocenters. The van der Waals surface area contributed by atoms with Crippen LogP contribution < -0.4 is 0 Å². The Morgan fingerprint density at radius 3 is 2.36 bits per heavy atom. The molecule has 2 bridgehead atoms. The summed E-state index contributed by atoms with van der Waals surface area (Å²) in [7, 11) is 0. The first-order valence-electron chi connectivity index (χ1n) is 9.40. The van der Waals surface area contributed by atoms with Gasteiger partial charge in [-0.3, -0.25) is 4.90 Å². The Bertz CT molecular complexity index is 510. The molecule has 3 aliphatic rings. The molecule has 0 aromatic heterocycles. The van der Waals surface area contributed by atoms with Gasteiger partial charge in [0, 0.05) is 18.6 Å². The predicted octanol–water partition coefficient (Wildman–Crippen LogP) is 5.32. The van der Waals surface area contributed by atoms with Crippen molar-refractivity contribution in [2.45, 2.75) is 76.4 Å². The summed E-state index contributed by atoms with van der Waals surface area (Å²) in [5, 5.41) is 0. The molecular formula is C21H29N. The Morgan fingerprint density at radius 1 is 0.864 bits per heavy atom. The van der Waals surface area contributed by atoms with E-state index in [1.54, 1.807) is 0 Å². The first-order chi connectivity index (χ1) is 10.9. The minimum atomic E-state index is 0.720. The molecule has 22 heavy (non-hydrogen) atoms. The van der Waals surface area contributed by atoms with E-state index < -0.39 is 0 Å². The lowest BCUT2D eigenvalue weighted by molar-refractivity contribution is 0.189. The molecule has 2 atom stereocenters. The van der Waals surface area contributed by atoms with Crippen LogP contribution in [0.25, 0.3) is 0 Å². The van der Waals surface area contributed by atoms with Crippen molar-refractivity contribution in [1.29, 1.82) is 0 Å². The fourth-order valence-electron chi connectivity index (χ4n) is 4.94. The van der Waals surface area contributed by atoms with Crippen LogP contribution >= 0.6 is 0 Å². The van der Waals surface area contributed by atoms with Gasteiger partial charge < -0.3 is 0 Å². The van der Waals surface area contributed by atoms with Crippen LogP contribution in [0.5, 0.6) is 0 Å². The quantitative estimate of drug-likeness (QED) is 0.539. The van der Waals surface area contributed by atoms with Gasteiger partial charge in [-0.05, 0) is 43.6 Å². The maximum atomic E-state index is 2.77. The molecule has 1 heteroatoms. The van der Waals surface area contributed by atoms with Gasteiger partial charge in [0.05, 0.1) is 0 Å². The van der Waals surface area contributed by atoms with Gasteiger partial charge in [0.25, 0.3) is 0 Å². The molecule has 0 spiro atoms. The molecule has 1 aliphatic carbocycles. The minimum absolute atomic E-state index is 0.720. The zero-order valence-corrected chi connectivity index (χ0v) is 13.7. The van der Waals surface area contributed by atoms with Crippen molar-refractivity contribution in [3.8, 4) is 0 Å². The fraction of sp³-hybridized carbons (Fsp3) is 0.619. The van der Waals surface area contributed by atoms with Crippen molar-refractivity contribution in [1.82, 2.24) is 4.90 Å². The Kier molecular flexibility index (Phi) is 4.34. The largest absolute Gasteiger partial charge is 0.289 e. The zero-order chi connectivity index (χ0) is 14.8. The lowest BCUT2D eigenvalue weighted by Crippen LogP contribution is -2.38. The molecule has 2 heterocycles. The SMILES string of the molecule is C1=C(C2CCCCCC2)CC2CCC1N2Cc1ccccc1.